The number of aliphatic carboxylic acids is 1. The highest BCUT2D eigenvalue weighted by Crippen LogP contribution is 2.31. The van der Waals surface area contributed by atoms with Crippen LogP contribution < -0.4 is 14.5 Å². The van der Waals surface area contributed by atoms with Gasteiger partial charge in [0.05, 0.1) is 21.8 Å². The first kappa shape index (κ1) is 30.1. The standard InChI is InChI=1S/C22H20F2N4O4S.C2HF3O2/c23-17-6-5-16(14-18(17)24)33(31,32)26-19-13-15(22(29)30)4-7-20(19)27-9-11-28(12-10-27)21-3-1-2-8-25-21;3-2(4,5)1(6)7/h1-8,13-14,26H,9-12H2,(H,29,30);(H,6,7). The van der Waals surface area contributed by atoms with Crippen molar-refractivity contribution < 1.29 is 50.2 Å². The zero-order chi connectivity index (χ0) is 29.7. The van der Waals surface area contributed by atoms with Gasteiger partial charge in [-0.1, -0.05) is 6.07 Å². The molecule has 214 valence electrons. The summed E-state index contributed by atoms with van der Waals surface area (Å²) in [6.07, 6.45) is -3.38. The molecule has 1 aliphatic heterocycles. The number of halogens is 5. The molecule has 2 heterocycles. The average molecular weight is 589 g/mol. The van der Waals surface area contributed by atoms with Crippen LogP contribution in [-0.4, -0.2) is 67.9 Å². The van der Waals surface area contributed by atoms with Gasteiger partial charge in [0.1, 0.15) is 5.82 Å². The van der Waals surface area contributed by atoms with E-state index in [0.717, 1.165) is 18.0 Å². The van der Waals surface area contributed by atoms with E-state index in [1.165, 1.54) is 18.2 Å². The van der Waals surface area contributed by atoms with Crippen molar-refractivity contribution in [2.24, 2.45) is 0 Å². The number of carbonyl (C=O) groups is 2. The van der Waals surface area contributed by atoms with E-state index in [1.807, 2.05) is 23.1 Å². The summed E-state index contributed by atoms with van der Waals surface area (Å²) in [5.74, 6) is -5.63. The van der Waals surface area contributed by atoms with Gasteiger partial charge in [-0.15, -0.1) is 0 Å². The SMILES string of the molecule is O=C(O)C(F)(F)F.O=C(O)c1ccc(N2CCN(c3ccccn3)CC2)c(NS(=O)(=O)c2ccc(F)c(F)c2)c1. The summed E-state index contributed by atoms with van der Waals surface area (Å²) in [6.45, 7) is 2.30. The molecule has 1 aromatic heterocycles. The summed E-state index contributed by atoms with van der Waals surface area (Å²) >= 11 is 0. The number of hydrogen-bond acceptors (Lipinski definition) is 7. The molecule has 0 spiro atoms. The number of carboxylic acids is 2. The molecule has 0 saturated carbocycles. The fourth-order valence-electron chi connectivity index (χ4n) is 3.59. The summed E-state index contributed by atoms with van der Waals surface area (Å²) < 4.78 is 86.6. The molecule has 3 N–H and O–H groups in total. The van der Waals surface area contributed by atoms with Crippen LogP contribution in [0.3, 0.4) is 0 Å². The van der Waals surface area contributed by atoms with Gasteiger partial charge in [0, 0.05) is 32.4 Å². The Kier molecular flexibility index (Phi) is 9.13. The Bertz CT molecular complexity index is 1480. The molecule has 0 atom stereocenters. The van der Waals surface area contributed by atoms with Crippen molar-refractivity contribution in [2.45, 2.75) is 11.1 Å². The molecule has 0 radical (unpaired) electrons. The highest BCUT2D eigenvalue weighted by atomic mass is 32.2. The van der Waals surface area contributed by atoms with E-state index in [1.54, 1.807) is 6.20 Å². The number of sulfonamides is 1. The van der Waals surface area contributed by atoms with E-state index in [2.05, 4.69) is 14.6 Å². The topological polar surface area (TPSA) is 140 Å². The molecular weight excluding hydrogens is 567 g/mol. The normalized spacial score (nSPS) is 13.7. The first-order valence-corrected chi connectivity index (χ1v) is 12.7. The molecule has 40 heavy (non-hydrogen) atoms. The number of nitrogens with zero attached hydrogens (tertiary/aromatic N) is 3. The van der Waals surface area contributed by atoms with Gasteiger partial charge < -0.3 is 20.0 Å². The number of alkyl halides is 3. The van der Waals surface area contributed by atoms with Crippen LogP contribution in [0.5, 0.6) is 0 Å². The lowest BCUT2D eigenvalue weighted by molar-refractivity contribution is -0.192. The summed E-state index contributed by atoms with van der Waals surface area (Å²) in [6, 6.07) is 12.0. The van der Waals surface area contributed by atoms with Crippen LogP contribution in [0.25, 0.3) is 0 Å². The van der Waals surface area contributed by atoms with Crippen LogP contribution in [0, 0.1) is 11.6 Å². The fourth-order valence-corrected chi connectivity index (χ4v) is 4.67. The Morgan fingerprint density at radius 3 is 2.02 bits per heavy atom. The molecule has 4 rings (SSSR count). The van der Waals surface area contributed by atoms with Gasteiger partial charge in [-0.05, 0) is 48.5 Å². The highest BCUT2D eigenvalue weighted by Gasteiger charge is 2.38. The van der Waals surface area contributed by atoms with Crippen molar-refractivity contribution in [3.05, 3.63) is 78.0 Å². The van der Waals surface area contributed by atoms with Crippen LogP contribution in [0.15, 0.2) is 65.7 Å². The van der Waals surface area contributed by atoms with Crippen molar-refractivity contribution in [3.8, 4) is 0 Å². The van der Waals surface area contributed by atoms with Crippen molar-refractivity contribution >= 4 is 39.2 Å². The second kappa shape index (κ2) is 12.1. The Hall–Kier alpha value is -4.47. The van der Waals surface area contributed by atoms with E-state index in [9.17, 15) is 40.3 Å². The predicted octanol–water partition coefficient (Wildman–Crippen LogP) is 3.82. The fraction of sp³-hybridized carbons (Fsp3) is 0.208. The van der Waals surface area contributed by atoms with E-state index >= 15 is 0 Å². The first-order chi connectivity index (χ1) is 18.7. The number of nitrogens with one attached hydrogen (secondary N) is 1. The second-order valence-corrected chi connectivity index (χ2v) is 9.87. The molecular formula is C24H21F5N4O6S. The maximum absolute atomic E-state index is 13.6. The number of aromatic nitrogens is 1. The number of aromatic carboxylic acids is 1. The molecule has 1 fully saturated rings. The Balaban J connectivity index is 0.000000559. The lowest BCUT2D eigenvalue weighted by Gasteiger charge is -2.37. The summed E-state index contributed by atoms with van der Waals surface area (Å²) in [5.41, 5.74) is 0.395. The number of rotatable bonds is 6. The molecule has 1 saturated heterocycles. The second-order valence-electron chi connectivity index (χ2n) is 8.18. The smallest absolute Gasteiger partial charge is 0.478 e. The molecule has 1 aliphatic rings. The summed E-state index contributed by atoms with van der Waals surface area (Å²) in [4.78, 5) is 28.2. The van der Waals surface area contributed by atoms with Gasteiger partial charge in [0.15, 0.2) is 11.6 Å². The maximum atomic E-state index is 13.6. The number of carboxylic acid groups (broad SMARTS) is 2. The van der Waals surface area contributed by atoms with Crippen LogP contribution in [0.1, 0.15) is 10.4 Å². The molecule has 2 aromatic carbocycles. The number of piperazine rings is 1. The van der Waals surface area contributed by atoms with Crippen LogP contribution in [0.4, 0.5) is 39.1 Å². The third-order valence-electron chi connectivity index (χ3n) is 5.53. The number of hydrogen-bond donors (Lipinski definition) is 3. The molecule has 0 aliphatic carbocycles. The predicted molar refractivity (Wildman–Crippen MR) is 133 cm³/mol. The third kappa shape index (κ3) is 7.56. The molecule has 0 bridgehead atoms. The van der Waals surface area contributed by atoms with Gasteiger partial charge >= 0.3 is 18.1 Å². The Morgan fingerprint density at radius 2 is 1.50 bits per heavy atom. The van der Waals surface area contributed by atoms with Gasteiger partial charge in [0.25, 0.3) is 10.0 Å². The van der Waals surface area contributed by atoms with Gasteiger partial charge in [-0.3, -0.25) is 4.72 Å². The van der Waals surface area contributed by atoms with Crippen molar-refractivity contribution in [3.63, 3.8) is 0 Å². The monoisotopic (exact) mass is 588 g/mol. The van der Waals surface area contributed by atoms with Crippen molar-refractivity contribution in [2.75, 3.05) is 40.7 Å². The van der Waals surface area contributed by atoms with E-state index in [0.29, 0.717) is 37.9 Å². The highest BCUT2D eigenvalue weighted by molar-refractivity contribution is 7.92. The van der Waals surface area contributed by atoms with E-state index in [-0.39, 0.29) is 11.3 Å². The van der Waals surface area contributed by atoms with Gasteiger partial charge in [-0.2, -0.15) is 13.2 Å². The minimum absolute atomic E-state index is 0.0333. The minimum Gasteiger partial charge on any atom is -0.478 e. The summed E-state index contributed by atoms with van der Waals surface area (Å²) in [5, 5.41) is 16.5. The molecule has 0 amide bonds. The largest absolute Gasteiger partial charge is 0.490 e. The molecule has 10 nitrogen and oxygen atoms in total. The average Bonchev–Trinajstić information content (AvgIpc) is 2.90. The third-order valence-corrected chi connectivity index (χ3v) is 6.89. The molecule has 16 heteroatoms. The number of benzene rings is 2. The van der Waals surface area contributed by atoms with Crippen molar-refractivity contribution in [1.82, 2.24) is 4.98 Å². The van der Waals surface area contributed by atoms with E-state index < -0.39 is 44.7 Å². The molecule has 3 aromatic rings. The van der Waals surface area contributed by atoms with E-state index in [4.69, 9.17) is 9.90 Å². The first-order valence-electron chi connectivity index (χ1n) is 11.3. The number of anilines is 3. The minimum atomic E-state index is -5.08. The van der Waals surface area contributed by atoms with Crippen molar-refractivity contribution in [1.29, 1.82) is 0 Å². The Morgan fingerprint density at radius 1 is 0.875 bits per heavy atom. The Labute approximate surface area is 224 Å². The van der Waals surface area contributed by atoms with Crippen LogP contribution in [-0.2, 0) is 14.8 Å². The zero-order valence-corrected chi connectivity index (χ0v) is 21.1. The van der Waals surface area contributed by atoms with Gasteiger partial charge in [0.2, 0.25) is 0 Å². The zero-order valence-electron chi connectivity index (χ0n) is 20.3. The van der Waals surface area contributed by atoms with Crippen LogP contribution in [0.2, 0.25) is 0 Å². The van der Waals surface area contributed by atoms with Crippen LogP contribution >= 0.6 is 0 Å². The number of pyridine rings is 1. The lowest BCUT2D eigenvalue weighted by atomic mass is 10.1. The maximum Gasteiger partial charge on any atom is 0.490 e. The lowest BCUT2D eigenvalue weighted by Crippen LogP contribution is -2.47. The summed E-state index contributed by atoms with van der Waals surface area (Å²) in [7, 11) is -4.31. The quantitative estimate of drug-likeness (QED) is 0.367. The van der Waals surface area contributed by atoms with Gasteiger partial charge in [-0.25, -0.2) is 31.8 Å². The molecule has 0 unspecified atom stereocenters.